The molecule has 3 heteroatoms. The van der Waals surface area contributed by atoms with Gasteiger partial charge >= 0.3 is 0 Å². The Bertz CT molecular complexity index is 498. The van der Waals surface area contributed by atoms with Crippen molar-refractivity contribution in [1.82, 2.24) is 0 Å². The fourth-order valence-electron chi connectivity index (χ4n) is 1.39. The van der Waals surface area contributed by atoms with Crippen molar-refractivity contribution in [3.63, 3.8) is 0 Å². The molecule has 74 valence electrons. The topological polar surface area (TPSA) is 34.1 Å². The van der Waals surface area contributed by atoms with Gasteiger partial charge in [-0.15, -0.1) is 0 Å². The molecule has 0 unspecified atom stereocenters. The maximum Gasteiger partial charge on any atom is 0.186 e. The van der Waals surface area contributed by atoms with Crippen molar-refractivity contribution >= 4 is 28.7 Å². The fraction of sp³-hybridized carbons (Fsp3) is 0. The summed E-state index contributed by atoms with van der Waals surface area (Å²) in [5.74, 6) is -0.346. The number of carbonyl (C=O) groups is 2. The SMILES string of the molecule is O=C1C=CC(=O)C(c2cccc(Cl)c2)=C1. The van der Waals surface area contributed by atoms with Crippen molar-refractivity contribution in [2.75, 3.05) is 0 Å². The summed E-state index contributed by atoms with van der Waals surface area (Å²) >= 11 is 5.81. The van der Waals surface area contributed by atoms with E-state index in [9.17, 15) is 9.59 Å². The first-order valence-electron chi connectivity index (χ1n) is 4.41. The molecule has 2 rings (SSSR count). The second-order valence-corrected chi connectivity index (χ2v) is 3.60. The van der Waals surface area contributed by atoms with Gasteiger partial charge < -0.3 is 0 Å². The first-order chi connectivity index (χ1) is 7.16. The number of hydrogen-bond acceptors (Lipinski definition) is 2. The second-order valence-electron chi connectivity index (χ2n) is 3.17. The Morgan fingerprint density at radius 1 is 1.07 bits per heavy atom. The van der Waals surface area contributed by atoms with Crippen LogP contribution in [-0.4, -0.2) is 11.6 Å². The van der Waals surface area contributed by atoms with E-state index in [0.29, 0.717) is 16.2 Å². The Morgan fingerprint density at radius 3 is 2.60 bits per heavy atom. The van der Waals surface area contributed by atoms with Crippen LogP contribution < -0.4 is 0 Å². The molecule has 0 saturated heterocycles. The molecule has 0 fully saturated rings. The Balaban J connectivity index is 2.47. The molecule has 1 aromatic rings. The first-order valence-corrected chi connectivity index (χ1v) is 4.78. The third kappa shape index (κ3) is 2.05. The van der Waals surface area contributed by atoms with Crippen molar-refractivity contribution in [2.24, 2.45) is 0 Å². The number of rotatable bonds is 1. The summed E-state index contributed by atoms with van der Waals surface area (Å²) in [6.45, 7) is 0. The number of halogens is 1. The summed E-state index contributed by atoms with van der Waals surface area (Å²) in [5.41, 5.74) is 1.07. The summed E-state index contributed by atoms with van der Waals surface area (Å²) in [6.07, 6.45) is 3.86. The summed E-state index contributed by atoms with van der Waals surface area (Å²) < 4.78 is 0. The van der Waals surface area contributed by atoms with Gasteiger partial charge in [-0.2, -0.15) is 0 Å². The average Bonchev–Trinajstić information content (AvgIpc) is 2.22. The maximum atomic E-state index is 11.5. The Hall–Kier alpha value is -1.67. The molecule has 15 heavy (non-hydrogen) atoms. The number of ketones is 2. The zero-order valence-electron chi connectivity index (χ0n) is 7.74. The molecular formula is C12H7ClO2. The number of carbonyl (C=O) groups excluding carboxylic acids is 2. The lowest BCUT2D eigenvalue weighted by molar-refractivity contribution is -0.113. The van der Waals surface area contributed by atoms with Crippen molar-refractivity contribution in [3.05, 3.63) is 53.1 Å². The van der Waals surface area contributed by atoms with Crippen LogP contribution in [-0.2, 0) is 9.59 Å². The molecule has 0 saturated carbocycles. The van der Waals surface area contributed by atoms with Crippen LogP contribution in [0.2, 0.25) is 5.02 Å². The van der Waals surface area contributed by atoms with Crippen molar-refractivity contribution < 1.29 is 9.59 Å². The molecule has 0 amide bonds. The number of benzene rings is 1. The van der Waals surface area contributed by atoms with Gasteiger partial charge in [-0.1, -0.05) is 23.7 Å². The van der Waals surface area contributed by atoms with Crippen LogP contribution in [0.25, 0.3) is 5.57 Å². The highest BCUT2D eigenvalue weighted by atomic mass is 35.5. The third-order valence-corrected chi connectivity index (χ3v) is 2.32. The van der Waals surface area contributed by atoms with Gasteiger partial charge in [0.25, 0.3) is 0 Å². The van der Waals surface area contributed by atoms with Gasteiger partial charge in [0.2, 0.25) is 0 Å². The molecule has 0 aliphatic heterocycles. The highest BCUT2D eigenvalue weighted by molar-refractivity contribution is 6.35. The molecule has 1 aliphatic carbocycles. The molecule has 0 heterocycles. The van der Waals surface area contributed by atoms with Crippen LogP contribution in [0.15, 0.2) is 42.5 Å². The first kappa shape index (κ1) is 9.87. The molecule has 0 bridgehead atoms. The lowest BCUT2D eigenvalue weighted by atomic mass is 9.96. The average molecular weight is 219 g/mol. The highest BCUT2D eigenvalue weighted by Crippen LogP contribution is 2.21. The number of allylic oxidation sites excluding steroid dienone is 4. The van der Waals surface area contributed by atoms with Gasteiger partial charge in [0, 0.05) is 10.6 Å². The second kappa shape index (κ2) is 3.83. The molecule has 0 spiro atoms. The standard InChI is InChI=1S/C12H7ClO2/c13-9-3-1-2-8(6-9)11-7-10(14)4-5-12(11)15/h1-7H. The van der Waals surface area contributed by atoms with E-state index in [2.05, 4.69) is 0 Å². The Kier molecular flexibility index (Phi) is 2.52. The number of hydrogen-bond donors (Lipinski definition) is 0. The van der Waals surface area contributed by atoms with Crippen molar-refractivity contribution in [3.8, 4) is 0 Å². The van der Waals surface area contributed by atoms with E-state index in [-0.39, 0.29) is 11.6 Å². The van der Waals surface area contributed by atoms with Gasteiger partial charge in [-0.25, -0.2) is 0 Å². The Morgan fingerprint density at radius 2 is 1.87 bits per heavy atom. The predicted molar refractivity (Wildman–Crippen MR) is 58.6 cm³/mol. The predicted octanol–water partition coefficient (Wildman–Crippen LogP) is 2.43. The zero-order chi connectivity index (χ0) is 10.8. The van der Waals surface area contributed by atoms with Crippen LogP contribution in [0.4, 0.5) is 0 Å². The van der Waals surface area contributed by atoms with Gasteiger partial charge in [-0.3, -0.25) is 9.59 Å². The molecule has 0 atom stereocenters. The minimum atomic E-state index is -0.176. The summed E-state index contributed by atoms with van der Waals surface area (Å²) in [6, 6.07) is 6.88. The lowest BCUT2D eigenvalue weighted by Gasteiger charge is -2.06. The molecular weight excluding hydrogens is 212 g/mol. The van der Waals surface area contributed by atoms with Crippen LogP contribution in [0.1, 0.15) is 5.56 Å². The summed E-state index contributed by atoms with van der Waals surface area (Å²) in [5, 5.41) is 0.545. The molecule has 0 aromatic heterocycles. The van der Waals surface area contributed by atoms with Gasteiger partial charge in [-0.05, 0) is 35.9 Å². The van der Waals surface area contributed by atoms with E-state index >= 15 is 0 Å². The maximum absolute atomic E-state index is 11.5. The Labute approximate surface area is 91.9 Å². The minimum absolute atomic E-state index is 0.170. The van der Waals surface area contributed by atoms with Gasteiger partial charge in [0.1, 0.15) is 0 Å². The third-order valence-electron chi connectivity index (χ3n) is 2.09. The minimum Gasteiger partial charge on any atom is -0.290 e. The van der Waals surface area contributed by atoms with Crippen LogP contribution in [0, 0.1) is 0 Å². The van der Waals surface area contributed by atoms with E-state index in [0.717, 1.165) is 0 Å². The van der Waals surface area contributed by atoms with E-state index in [1.54, 1.807) is 24.3 Å². The van der Waals surface area contributed by atoms with Crippen molar-refractivity contribution in [2.45, 2.75) is 0 Å². The van der Waals surface area contributed by atoms with Crippen LogP contribution in [0.3, 0.4) is 0 Å². The molecule has 2 nitrogen and oxygen atoms in total. The molecule has 1 aliphatic rings. The monoisotopic (exact) mass is 218 g/mol. The van der Waals surface area contributed by atoms with E-state index in [1.807, 2.05) is 0 Å². The van der Waals surface area contributed by atoms with E-state index < -0.39 is 0 Å². The molecule has 1 aromatic carbocycles. The fourth-order valence-corrected chi connectivity index (χ4v) is 1.58. The highest BCUT2D eigenvalue weighted by Gasteiger charge is 2.14. The van der Waals surface area contributed by atoms with E-state index in [4.69, 9.17) is 11.6 Å². The lowest BCUT2D eigenvalue weighted by Crippen LogP contribution is -2.06. The van der Waals surface area contributed by atoms with E-state index in [1.165, 1.54) is 18.2 Å². The summed E-state index contributed by atoms with van der Waals surface area (Å²) in [4.78, 5) is 22.6. The van der Waals surface area contributed by atoms with Crippen LogP contribution >= 0.6 is 11.6 Å². The van der Waals surface area contributed by atoms with Crippen LogP contribution in [0.5, 0.6) is 0 Å². The van der Waals surface area contributed by atoms with Crippen molar-refractivity contribution in [1.29, 1.82) is 0 Å². The quantitative estimate of drug-likeness (QED) is 0.679. The normalized spacial score (nSPS) is 15.4. The van der Waals surface area contributed by atoms with Gasteiger partial charge in [0.05, 0.1) is 0 Å². The summed E-state index contributed by atoms with van der Waals surface area (Å²) in [7, 11) is 0. The zero-order valence-corrected chi connectivity index (χ0v) is 8.49. The smallest absolute Gasteiger partial charge is 0.186 e. The molecule has 0 N–H and O–H groups in total. The largest absolute Gasteiger partial charge is 0.290 e. The molecule has 0 radical (unpaired) electrons. The van der Waals surface area contributed by atoms with Gasteiger partial charge in [0.15, 0.2) is 11.6 Å².